The van der Waals surface area contributed by atoms with Gasteiger partial charge < -0.3 is 10.3 Å². The number of hydrogen-bond acceptors (Lipinski definition) is 4. The molecule has 0 fully saturated rings. The van der Waals surface area contributed by atoms with Gasteiger partial charge in [-0.3, -0.25) is 19.3 Å². The topological polar surface area (TPSA) is 113 Å². The van der Waals surface area contributed by atoms with Crippen LogP contribution in [0.25, 0.3) is 0 Å². The minimum absolute atomic E-state index is 0.131. The minimum Gasteiger partial charge on any atom is -0.311 e. The highest BCUT2D eigenvalue weighted by molar-refractivity contribution is 5.89. The number of nitrogens with zero attached hydrogens (tertiary/aromatic N) is 2. The predicted octanol–water partition coefficient (Wildman–Crippen LogP) is -0.324. The molecule has 2 heterocycles. The third-order valence-electron chi connectivity index (χ3n) is 2.84. The molecule has 0 bridgehead atoms. The summed E-state index contributed by atoms with van der Waals surface area (Å²) in [6.07, 6.45) is 2.09. The van der Waals surface area contributed by atoms with E-state index in [4.69, 9.17) is 0 Å². The third kappa shape index (κ3) is 3.22. The average Bonchev–Trinajstić information content (AvgIpc) is 2.73. The molecule has 8 heteroatoms. The molecule has 0 spiro atoms. The van der Waals surface area contributed by atoms with E-state index in [9.17, 15) is 14.4 Å². The molecule has 2 aromatic heterocycles. The van der Waals surface area contributed by atoms with Gasteiger partial charge in [-0.1, -0.05) is 0 Å². The molecule has 0 atom stereocenters. The van der Waals surface area contributed by atoms with Crippen molar-refractivity contribution in [2.24, 2.45) is 7.05 Å². The van der Waals surface area contributed by atoms with E-state index in [2.05, 4.69) is 20.4 Å². The molecule has 0 unspecified atom stereocenters. The van der Waals surface area contributed by atoms with Gasteiger partial charge in [-0.25, -0.2) is 4.79 Å². The van der Waals surface area contributed by atoms with E-state index in [-0.39, 0.29) is 18.7 Å². The third-order valence-corrected chi connectivity index (χ3v) is 2.84. The summed E-state index contributed by atoms with van der Waals surface area (Å²) in [6, 6.07) is 1.68. The van der Waals surface area contributed by atoms with Gasteiger partial charge in [-0.05, 0) is 13.3 Å². The van der Waals surface area contributed by atoms with Crippen LogP contribution in [0, 0.1) is 6.92 Å². The summed E-state index contributed by atoms with van der Waals surface area (Å²) in [5.74, 6) is 0.221. The molecule has 0 saturated carbocycles. The smallest absolute Gasteiger partial charge is 0.311 e. The molecule has 0 aliphatic heterocycles. The summed E-state index contributed by atoms with van der Waals surface area (Å²) in [5.41, 5.74) is -0.128. The van der Waals surface area contributed by atoms with Crippen molar-refractivity contribution in [1.29, 1.82) is 0 Å². The van der Waals surface area contributed by atoms with Gasteiger partial charge in [0.1, 0.15) is 0 Å². The summed E-state index contributed by atoms with van der Waals surface area (Å²) >= 11 is 0. The molecule has 20 heavy (non-hydrogen) atoms. The number of amides is 1. The Morgan fingerprint density at radius 2 is 2.15 bits per heavy atom. The van der Waals surface area contributed by atoms with Crippen molar-refractivity contribution in [2.75, 3.05) is 5.32 Å². The van der Waals surface area contributed by atoms with Crippen molar-refractivity contribution >= 4 is 11.7 Å². The fourth-order valence-corrected chi connectivity index (χ4v) is 1.85. The quantitative estimate of drug-likeness (QED) is 0.710. The van der Waals surface area contributed by atoms with Crippen LogP contribution in [0.3, 0.4) is 0 Å². The van der Waals surface area contributed by atoms with E-state index in [0.717, 1.165) is 0 Å². The lowest BCUT2D eigenvalue weighted by atomic mass is 10.1. The molecule has 1 amide bonds. The maximum atomic E-state index is 11.7. The van der Waals surface area contributed by atoms with Crippen LogP contribution >= 0.6 is 0 Å². The number of carbonyl (C=O) groups excluding carboxylic acids is 1. The zero-order valence-electron chi connectivity index (χ0n) is 11.2. The first-order valence-corrected chi connectivity index (χ1v) is 6.07. The highest BCUT2D eigenvalue weighted by Gasteiger charge is 2.10. The second kappa shape index (κ2) is 5.55. The maximum absolute atomic E-state index is 11.7. The summed E-state index contributed by atoms with van der Waals surface area (Å²) in [4.78, 5) is 39.0. The van der Waals surface area contributed by atoms with Crippen LogP contribution in [-0.2, 0) is 18.3 Å². The molecular formula is C12H15N5O3. The predicted molar refractivity (Wildman–Crippen MR) is 72.6 cm³/mol. The van der Waals surface area contributed by atoms with E-state index < -0.39 is 11.2 Å². The van der Waals surface area contributed by atoms with Gasteiger partial charge in [-0.15, -0.1) is 0 Å². The van der Waals surface area contributed by atoms with E-state index >= 15 is 0 Å². The Morgan fingerprint density at radius 3 is 2.75 bits per heavy atom. The molecule has 0 aliphatic rings. The Morgan fingerprint density at radius 1 is 1.40 bits per heavy atom. The van der Waals surface area contributed by atoms with Crippen molar-refractivity contribution in [3.8, 4) is 0 Å². The Balaban J connectivity index is 2.00. The van der Waals surface area contributed by atoms with E-state index in [1.54, 1.807) is 30.9 Å². The molecule has 2 rings (SSSR count). The second-order valence-electron chi connectivity index (χ2n) is 4.43. The van der Waals surface area contributed by atoms with Crippen LogP contribution in [0.4, 0.5) is 5.82 Å². The zero-order chi connectivity index (χ0) is 14.7. The Hall–Kier alpha value is -2.64. The lowest BCUT2D eigenvalue weighted by Gasteiger charge is -2.04. The largest absolute Gasteiger partial charge is 0.325 e. The minimum atomic E-state index is -0.547. The number of anilines is 1. The lowest BCUT2D eigenvalue weighted by Crippen LogP contribution is -2.27. The Kier molecular flexibility index (Phi) is 3.83. The molecule has 0 saturated heterocycles. The number of hydrogen-bond donors (Lipinski definition) is 3. The maximum Gasteiger partial charge on any atom is 0.325 e. The fraction of sp³-hybridized carbons (Fsp3) is 0.333. The number of carbonyl (C=O) groups is 1. The van der Waals surface area contributed by atoms with Gasteiger partial charge in [0.2, 0.25) is 5.91 Å². The number of H-pyrrole nitrogens is 2. The molecular weight excluding hydrogens is 262 g/mol. The average molecular weight is 277 g/mol. The highest BCUT2D eigenvalue weighted by atomic mass is 16.2. The monoisotopic (exact) mass is 277 g/mol. The summed E-state index contributed by atoms with van der Waals surface area (Å²) in [5, 5.41) is 6.65. The van der Waals surface area contributed by atoms with Crippen molar-refractivity contribution < 1.29 is 4.79 Å². The number of rotatable bonds is 4. The first kappa shape index (κ1) is 13.8. The van der Waals surface area contributed by atoms with Crippen molar-refractivity contribution in [3.63, 3.8) is 0 Å². The first-order chi connectivity index (χ1) is 9.45. The zero-order valence-corrected chi connectivity index (χ0v) is 11.2. The van der Waals surface area contributed by atoms with Gasteiger partial charge >= 0.3 is 5.69 Å². The van der Waals surface area contributed by atoms with Crippen LogP contribution in [-0.4, -0.2) is 25.7 Å². The second-order valence-corrected chi connectivity index (χ2v) is 4.43. The first-order valence-electron chi connectivity index (χ1n) is 6.07. The summed E-state index contributed by atoms with van der Waals surface area (Å²) < 4.78 is 1.58. The fourth-order valence-electron chi connectivity index (χ4n) is 1.85. The lowest BCUT2D eigenvalue weighted by molar-refractivity contribution is -0.116. The van der Waals surface area contributed by atoms with E-state index in [1.165, 1.54) is 0 Å². The molecule has 0 aliphatic carbocycles. The van der Waals surface area contributed by atoms with Gasteiger partial charge in [0.15, 0.2) is 5.82 Å². The number of aromatic nitrogens is 4. The van der Waals surface area contributed by atoms with Crippen LogP contribution in [0.2, 0.25) is 0 Å². The number of aromatic amines is 2. The van der Waals surface area contributed by atoms with Gasteiger partial charge in [0.05, 0.1) is 0 Å². The van der Waals surface area contributed by atoms with Crippen LogP contribution in [0.5, 0.6) is 0 Å². The number of aryl methyl sites for hydroxylation is 2. The van der Waals surface area contributed by atoms with Gasteiger partial charge in [-0.2, -0.15) is 5.10 Å². The molecule has 106 valence electrons. The molecule has 8 nitrogen and oxygen atoms in total. The summed E-state index contributed by atoms with van der Waals surface area (Å²) in [7, 11) is 1.75. The number of nitrogens with one attached hydrogen (secondary N) is 3. The molecule has 0 radical (unpaired) electrons. The SMILES string of the molecule is Cc1[nH]c(=O)[nH]c(=O)c1CCC(=O)Nc1ccn(C)n1. The van der Waals surface area contributed by atoms with Gasteiger partial charge in [0, 0.05) is 37.0 Å². The van der Waals surface area contributed by atoms with Crippen LogP contribution < -0.4 is 16.6 Å². The highest BCUT2D eigenvalue weighted by Crippen LogP contribution is 2.04. The van der Waals surface area contributed by atoms with Crippen LogP contribution in [0.15, 0.2) is 21.9 Å². The standard InChI is InChI=1S/C12H15N5O3/c1-7-8(11(19)15-12(20)13-7)3-4-10(18)14-9-5-6-17(2)16-9/h5-6H,3-4H2,1-2H3,(H,14,16,18)(H2,13,15,19,20). The normalized spacial score (nSPS) is 10.5. The Labute approximate surface area is 113 Å². The Bertz CT molecular complexity index is 740. The molecule has 2 aromatic rings. The van der Waals surface area contributed by atoms with Crippen LogP contribution in [0.1, 0.15) is 17.7 Å². The molecule has 0 aromatic carbocycles. The van der Waals surface area contributed by atoms with E-state index in [1.807, 2.05) is 0 Å². The van der Waals surface area contributed by atoms with Gasteiger partial charge in [0.25, 0.3) is 5.56 Å². The summed E-state index contributed by atoms with van der Waals surface area (Å²) in [6.45, 7) is 1.63. The molecule has 3 N–H and O–H groups in total. The van der Waals surface area contributed by atoms with Crippen molar-refractivity contribution in [1.82, 2.24) is 19.7 Å². The van der Waals surface area contributed by atoms with Crippen molar-refractivity contribution in [2.45, 2.75) is 19.8 Å². The van der Waals surface area contributed by atoms with Crippen molar-refractivity contribution in [3.05, 3.63) is 44.4 Å². The van der Waals surface area contributed by atoms with E-state index in [0.29, 0.717) is 17.1 Å².